The van der Waals surface area contributed by atoms with E-state index in [4.69, 9.17) is 0 Å². The van der Waals surface area contributed by atoms with Gasteiger partial charge in [-0.1, -0.05) is 12.1 Å². The van der Waals surface area contributed by atoms with Crippen LogP contribution in [0.5, 0.6) is 0 Å². The second-order valence-electron chi connectivity index (χ2n) is 3.72. The van der Waals surface area contributed by atoms with Crippen LogP contribution in [0.1, 0.15) is 22.3 Å². The Bertz CT molecular complexity index is 284. The average molecular weight is 162 g/mol. The predicted molar refractivity (Wildman–Crippen MR) is 49.3 cm³/mol. The molecular weight excluding hydrogens is 148 g/mol. The zero-order chi connectivity index (χ0) is 8.72. The SMILES string of the molecule is Cc1ccc(C)c2c1CC(O)C2. The first-order valence-electron chi connectivity index (χ1n) is 4.44. The lowest BCUT2D eigenvalue weighted by molar-refractivity contribution is 0.187. The standard InChI is InChI=1S/C11H14O/c1-7-3-4-8(2)11-6-9(12)5-10(7)11/h3-4,9,12H,5-6H2,1-2H3. The summed E-state index contributed by atoms with van der Waals surface area (Å²) in [5, 5.41) is 9.50. The van der Waals surface area contributed by atoms with Gasteiger partial charge < -0.3 is 5.11 Å². The molecule has 1 nitrogen and oxygen atoms in total. The molecule has 1 aliphatic rings. The quantitative estimate of drug-likeness (QED) is 0.616. The third-order valence-electron chi connectivity index (χ3n) is 2.78. The minimum Gasteiger partial charge on any atom is -0.392 e. The molecule has 1 aromatic rings. The maximum Gasteiger partial charge on any atom is 0.0621 e. The molecule has 64 valence electrons. The van der Waals surface area contributed by atoms with Crippen LogP contribution in [0, 0.1) is 13.8 Å². The van der Waals surface area contributed by atoms with E-state index in [0.717, 1.165) is 12.8 Å². The Labute approximate surface area is 73.0 Å². The molecule has 1 aliphatic carbocycles. The minimum atomic E-state index is -0.139. The van der Waals surface area contributed by atoms with E-state index in [1.54, 1.807) is 0 Å². The summed E-state index contributed by atoms with van der Waals surface area (Å²) in [5.41, 5.74) is 5.41. The summed E-state index contributed by atoms with van der Waals surface area (Å²) in [6, 6.07) is 4.29. The van der Waals surface area contributed by atoms with Crippen LogP contribution in [0.3, 0.4) is 0 Å². The minimum absolute atomic E-state index is 0.139. The Kier molecular flexibility index (Phi) is 1.69. The molecule has 2 rings (SSSR count). The van der Waals surface area contributed by atoms with Gasteiger partial charge in [-0.2, -0.15) is 0 Å². The third kappa shape index (κ3) is 1.05. The van der Waals surface area contributed by atoms with Crippen LogP contribution in [0.4, 0.5) is 0 Å². The van der Waals surface area contributed by atoms with Gasteiger partial charge in [-0.25, -0.2) is 0 Å². The highest BCUT2D eigenvalue weighted by molar-refractivity contribution is 5.43. The van der Waals surface area contributed by atoms with Gasteiger partial charge in [-0.15, -0.1) is 0 Å². The number of aryl methyl sites for hydroxylation is 2. The molecule has 0 aromatic heterocycles. The van der Waals surface area contributed by atoms with Gasteiger partial charge in [0.05, 0.1) is 6.10 Å². The van der Waals surface area contributed by atoms with Gasteiger partial charge in [0.15, 0.2) is 0 Å². The summed E-state index contributed by atoms with van der Waals surface area (Å²) in [5.74, 6) is 0. The topological polar surface area (TPSA) is 20.2 Å². The summed E-state index contributed by atoms with van der Waals surface area (Å²) in [6.45, 7) is 4.24. The summed E-state index contributed by atoms with van der Waals surface area (Å²) < 4.78 is 0. The fraction of sp³-hybridized carbons (Fsp3) is 0.455. The summed E-state index contributed by atoms with van der Waals surface area (Å²) in [4.78, 5) is 0. The Morgan fingerprint density at radius 1 is 1.08 bits per heavy atom. The van der Waals surface area contributed by atoms with Crippen LogP contribution in [0.25, 0.3) is 0 Å². The van der Waals surface area contributed by atoms with Crippen LogP contribution in [0.15, 0.2) is 12.1 Å². The monoisotopic (exact) mass is 162 g/mol. The highest BCUT2D eigenvalue weighted by Crippen LogP contribution is 2.27. The molecule has 0 amide bonds. The van der Waals surface area contributed by atoms with E-state index in [0.29, 0.717) is 0 Å². The number of aliphatic hydroxyl groups excluding tert-OH is 1. The van der Waals surface area contributed by atoms with Crippen molar-refractivity contribution in [3.05, 3.63) is 34.4 Å². The summed E-state index contributed by atoms with van der Waals surface area (Å²) in [7, 11) is 0. The first-order valence-corrected chi connectivity index (χ1v) is 4.44. The number of hydrogen-bond acceptors (Lipinski definition) is 1. The Hall–Kier alpha value is -0.820. The number of rotatable bonds is 0. The molecule has 0 heterocycles. The van der Waals surface area contributed by atoms with E-state index < -0.39 is 0 Å². The molecule has 0 unspecified atom stereocenters. The summed E-state index contributed by atoms with van der Waals surface area (Å²) in [6.07, 6.45) is 1.56. The van der Waals surface area contributed by atoms with E-state index in [-0.39, 0.29) is 6.10 Å². The second kappa shape index (κ2) is 2.60. The van der Waals surface area contributed by atoms with Crippen molar-refractivity contribution < 1.29 is 5.11 Å². The van der Waals surface area contributed by atoms with Gasteiger partial charge >= 0.3 is 0 Å². The van der Waals surface area contributed by atoms with Crippen LogP contribution in [-0.4, -0.2) is 11.2 Å². The molecule has 0 fully saturated rings. The van der Waals surface area contributed by atoms with Crippen molar-refractivity contribution in [3.8, 4) is 0 Å². The molecule has 1 N–H and O–H groups in total. The van der Waals surface area contributed by atoms with E-state index in [1.165, 1.54) is 22.3 Å². The zero-order valence-electron chi connectivity index (χ0n) is 7.59. The lowest BCUT2D eigenvalue weighted by Crippen LogP contribution is -2.03. The Morgan fingerprint density at radius 2 is 1.50 bits per heavy atom. The van der Waals surface area contributed by atoms with Crippen molar-refractivity contribution in [1.82, 2.24) is 0 Å². The first kappa shape index (κ1) is 7.81. The molecular formula is C11H14O. The number of hydrogen-bond donors (Lipinski definition) is 1. The fourth-order valence-electron chi connectivity index (χ4n) is 2.04. The van der Waals surface area contributed by atoms with Gasteiger partial charge in [0.2, 0.25) is 0 Å². The van der Waals surface area contributed by atoms with Gasteiger partial charge in [0, 0.05) is 0 Å². The number of aliphatic hydroxyl groups is 1. The normalized spacial score (nSPS) is 16.6. The molecule has 1 aromatic carbocycles. The van der Waals surface area contributed by atoms with Crippen LogP contribution >= 0.6 is 0 Å². The molecule has 0 saturated heterocycles. The molecule has 0 atom stereocenters. The highest BCUT2D eigenvalue weighted by Gasteiger charge is 2.21. The van der Waals surface area contributed by atoms with Crippen molar-refractivity contribution in [1.29, 1.82) is 0 Å². The summed E-state index contributed by atoms with van der Waals surface area (Å²) >= 11 is 0. The molecule has 1 heteroatoms. The van der Waals surface area contributed by atoms with Crippen molar-refractivity contribution in [3.63, 3.8) is 0 Å². The highest BCUT2D eigenvalue weighted by atomic mass is 16.3. The van der Waals surface area contributed by atoms with Crippen molar-refractivity contribution in [2.75, 3.05) is 0 Å². The lowest BCUT2D eigenvalue weighted by Gasteiger charge is -2.05. The molecule has 0 radical (unpaired) electrons. The Balaban J connectivity index is 2.56. The molecule has 0 bridgehead atoms. The van der Waals surface area contributed by atoms with Crippen molar-refractivity contribution in [2.45, 2.75) is 32.8 Å². The predicted octanol–water partition coefficient (Wildman–Crippen LogP) is 1.76. The zero-order valence-corrected chi connectivity index (χ0v) is 7.59. The van der Waals surface area contributed by atoms with Crippen LogP contribution in [-0.2, 0) is 12.8 Å². The molecule has 0 spiro atoms. The van der Waals surface area contributed by atoms with Gasteiger partial charge in [0.1, 0.15) is 0 Å². The van der Waals surface area contributed by atoms with E-state index in [9.17, 15) is 5.11 Å². The van der Waals surface area contributed by atoms with Gasteiger partial charge in [-0.05, 0) is 48.9 Å². The van der Waals surface area contributed by atoms with Crippen LogP contribution < -0.4 is 0 Å². The first-order chi connectivity index (χ1) is 5.68. The van der Waals surface area contributed by atoms with E-state index in [2.05, 4.69) is 26.0 Å². The molecule has 0 aliphatic heterocycles. The van der Waals surface area contributed by atoms with Gasteiger partial charge in [0.25, 0.3) is 0 Å². The Morgan fingerprint density at radius 3 is 1.92 bits per heavy atom. The largest absolute Gasteiger partial charge is 0.392 e. The van der Waals surface area contributed by atoms with E-state index >= 15 is 0 Å². The average Bonchev–Trinajstić information content (AvgIpc) is 2.41. The maximum atomic E-state index is 9.50. The third-order valence-corrected chi connectivity index (χ3v) is 2.78. The second-order valence-corrected chi connectivity index (χ2v) is 3.72. The van der Waals surface area contributed by atoms with E-state index in [1.807, 2.05) is 0 Å². The van der Waals surface area contributed by atoms with Gasteiger partial charge in [-0.3, -0.25) is 0 Å². The van der Waals surface area contributed by atoms with Crippen molar-refractivity contribution >= 4 is 0 Å². The smallest absolute Gasteiger partial charge is 0.0621 e. The number of benzene rings is 1. The molecule has 12 heavy (non-hydrogen) atoms. The molecule has 0 saturated carbocycles. The fourth-order valence-corrected chi connectivity index (χ4v) is 2.04. The lowest BCUT2D eigenvalue weighted by atomic mass is 10.0. The maximum absolute atomic E-state index is 9.50. The van der Waals surface area contributed by atoms with Crippen LogP contribution in [0.2, 0.25) is 0 Å². The number of fused-ring (bicyclic) bond motifs is 1. The van der Waals surface area contributed by atoms with Crippen molar-refractivity contribution in [2.24, 2.45) is 0 Å².